The van der Waals surface area contributed by atoms with E-state index >= 15 is 0 Å². The lowest BCUT2D eigenvalue weighted by molar-refractivity contribution is -0.135. The van der Waals surface area contributed by atoms with E-state index in [1.165, 1.54) is 0 Å². The van der Waals surface area contributed by atoms with Crippen molar-refractivity contribution in [2.75, 3.05) is 32.8 Å². The molecule has 166 valence electrons. The van der Waals surface area contributed by atoms with Gasteiger partial charge in [-0.05, 0) is 68.6 Å². The quantitative estimate of drug-likeness (QED) is 0.425. The van der Waals surface area contributed by atoms with Gasteiger partial charge in [0.2, 0.25) is 5.91 Å². The van der Waals surface area contributed by atoms with Crippen LogP contribution in [0.5, 0.6) is 11.5 Å². The number of hydrogen-bond acceptors (Lipinski definition) is 6. The van der Waals surface area contributed by atoms with Crippen molar-refractivity contribution >= 4 is 34.9 Å². The molecule has 3 rings (SSSR count). The summed E-state index contributed by atoms with van der Waals surface area (Å²) in [6.07, 6.45) is 5.93. The number of hydrogen-bond donors (Lipinski definition) is 0. The fourth-order valence-corrected chi connectivity index (χ4v) is 4.47. The molecule has 2 fully saturated rings. The second kappa shape index (κ2) is 10.5. The van der Waals surface area contributed by atoms with Gasteiger partial charge in [-0.2, -0.15) is 0 Å². The number of benzene rings is 1. The van der Waals surface area contributed by atoms with E-state index in [1.807, 2.05) is 19.9 Å². The highest BCUT2D eigenvalue weighted by Gasteiger charge is 2.37. The summed E-state index contributed by atoms with van der Waals surface area (Å²) in [6, 6.07) is 3.70. The van der Waals surface area contributed by atoms with Crippen molar-refractivity contribution in [2.24, 2.45) is 0 Å². The van der Waals surface area contributed by atoms with Gasteiger partial charge in [0, 0.05) is 18.7 Å². The molecule has 1 aromatic carbocycles. The molecule has 2 aliphatic rings. The van der Waals surface area contributed by atoms with Gasteiger partial charge < -0.3 is 14.4 Å². The van der Waals surface area contributed by atoms with Gasteiger partial charge in [-0.1, -0.05) is 6.08 Å². The molecule has 1 aromatic rings. The number of imide groups is 1. The average molecular weight is 445 g/mol. The Morgan fingerprint density at radius 1 is 1.16 bits per heavy atom. The number of carbonyl (C=O) groups is 3. The highest BCUT2D eigenvalue weighted by molar-refractivity contribution is 8.18. The minimum atomic E-state index is -0.445. The first-order valence-electron chi connectivity index (χ1n) is 10.5. The lowest BCUT2D eigenvalue weighted by Gasteiger charge is -2.18. The molecule has 7 nitrogen and oxygen atoms in total. The topological polar surface area (TPSA) is 76.2 Å². The van der Waals surface area contributed by atoms with Crippen LogP contribution in [-0.2, 0) is 16.0 Å². The zero-order valence-corrected chi connectivity index (χ0v) is 18.8. The standard InChI is InChI=1S/C23H28N2O5S/c1-4-9-17-12-16(13-18(29-5-2)21(17)30-6-3)14-19-22(27)25(23(28)31-19)15-20(26)24-10-7-8-11-24/h4,12-14H,1,5-11,15H2,2-3H3/b19-14+. The minimum Gasteiger partial charge on any atom is -0.490 e. The van der Waals surface area contributed by atoms with Crippen molar-refractivity contribution < 1.29 is 23.9 Å². The number of ether oxygens (including phenoxy) is 2. The summed E-state index contributed by atoms with van der Waals surface area (Å²) >= 11 is 0.850. The maximum atomic E-state index is 12.8. The summed E-state index contributed by atoms with van der Waals surface area (Å²) in [6.45, 7) is 9.71. The van der Waals surface area contributed by atoms with Crippen molar-refractivity contribution in [3.63, 3.8) is 0 Å². The summed E-state index contributed by atoms with van der Waals surface area (Å²) in [7, 11) is 0. The molecule has 2 heterocycles. The van der Waals surface area contributed by atoms with Crippen molar-refractivity contribution in [2.45, 2.75) is 33.1 Å². The molecule has 0 aromatic heterocycles. The molecule has 31 heavy (non-hydrogen) atoms. The molecule has 2 aliphatic heterocycles. The zero-order chi connectivity index (χ0) is 22.4. The van der Waals surface area contributed by atoms with E-state index < -0.39 is 11.1 Å². The largest absolute Gasteiger partial charge is 0.490 e. The summed E-state index contributed by atoms with van der Waals surface area (Å²) in [4.78, 5) is 40.7. The number of nitrogens with zero attached hydrogens (tertiary/aromatic N) is 2. The van der Waals surface area contributed by atoms with Crippen LogP contribution < -0.4 is 9.47 Å². The van der Waals surface area contributed by atoms with Crippen LogP contribution >= 0.6 is 11.8 Å². The molecule has 0 N–H and O–H groups in total. The third kappa shape index (κ3) is 5.31. The van der Waals surface area contributed by atoms with Gasteiger partial charge in [0.05, 0.1) is 18.1 Å². The Hall–Kier alpha value is -2.74. The fourth-order valence-electron chi connectivity index (χ4n) is 3.63. The van der Waals surface area contributed by atoms with Gasteiger partial charge in [0.1, 0.15) is 6.54 Å². The molecule has 2 saturated heterocycles. The molecule has 0 unspecified atom stereocenters. The maximum absolute atomic E-state index is 12.8. The number of amides is 3. The van der Waals surface area contributed by atoms with Crippen LogP contribution in [0, 0.1) is 0 Å². The van der Waals surface area contributed by atoms with Crippen LogP contribution in [0.15, 0.2) is 29.7 Å². The molecule has 3 amide bonds. The van der Waals surface area contributed by atoms with E-state index in [1.54, 1.807) is 23.1 Å². The van der Waals surface area contributed by atoms with Crippen LogP contribution in [0.4, 0.5) is 4.79 Å². The Kier molecular flexibility index (Phi) is 7.79. The van der Waals surface area contributed by atoms with Gasteiger partial charge in [-0.3, -0.25) is 19.3 Å². The highest BCUT2D eigenvalue weighted by Crippen LogP contribution is 2.37. The van der Waals surface area contributed by atoms with Crippen LogP contribution in [0.1, 0.15) is 37.8 Å². The predicted molar refractivity (Wildman–Crippen MR) is 121 cm³/mol. The Bertz CT molecular complexity index is 905. The number of likely N-dealkylation sites (tertiary alicyclic amines) is 1. The molecule has 0 bridgehead atoms. The van der Waals surface area contributed by atoms with Gasteiger partial charge in [-0.25, -0.2) is 0 Å². The monoisotopic (exact) mass is 444 g/mol. The number of rotatable bonds is 9. The third-order valence-electron chi connectivity index (χ3n) is 5.03. The Morgan fingerprint density at radius 3 is 2.52 bits per heavy atom. The first kappa shape index (κ1) is 22.9. The predicted octanol–water partition coefficient (Wildman–Crippen LogP) is 3.87. The molecular weight excluding hydrogens is 416 g/mol. The van der Waals surface area contributed by atoms with Crippen molar-refractivity contribution in [1.29, 1.82) is 0 Å². The summed E-state index contributed by atoms with van der Waals surface area (Å²) in [5.41, 5.74) is 1.61. The Morgan fingerprint density at radius 2 is 1.87 bits per heavy atom. The van der Waals surface area contributed by atoms with E-state index in [9.17, 15) is 14.4 Å². The van der Waals surface area contributed by atoms with Gasteiger partial charge >= 0.3 is 0 Å². The van der Waals surface area contributed by atoms with Crippen LogP contribution in [-0.4, -0.2) is 59.7 Å². The Labute approximate surface area is 187 Å². The lowest BCUT2D eigenvalue weighted by atomic mass is 10.0. The molecule has 0 aliphatic carbocycles. The van der Waals surface area contributed by atoms with Gasteiger partial charge in [0.25, 0.3) is 11.1 Å². The normalized spacial score (nSPS) is 17.5. The fraction of sp³-hybridized carbons (Fsp3) is 0.435. The molecule has 0 atom stereocenters. The van der Waals surface area contributed by atoms with Crippen molar-refractivity contribution in [1.82, 2.24) is 9.80 Å². The molecule has 0 spiro atoms. The van der Waals surface area contributed by atoms with E-state index in [-0.39, 0.29) is 17.4 Å². The van der Waals surface area contributed by atoms with Crippen LogP contribution in [0.25, 0.3) is 6.08 Å². The second-order valence-electron chi connectivity index (χ2n) is 7.22. The van der Waals surface area contributed by atoms with E-state index in [0.717, 1.165) is 40.6 Å². The summed E-state index contributed by atoms with van der Waals surface area (Å²) in [5.74, 6) is 0.609. The van der Waals surface area contributed by atoms with Gasteiger partial charge in [0.15, 0.2) is 11.5 Å². The maximum Gasteiger partial charge on any atom is 0.294 e. The number of carbonyl (C=O) groups excluding carboxylic acids is 3. The summed E-state index contributed by atoms with van der Waals surface area (Å²) < 4.78 is 11.5. The molecule has 8 heteroatoms. The zero-order valence-electron chi connectivity index (χ0n) is 18.0. The van der Waals surface area contributed by atoms with E-state index in [0.29, 0.717) is 44.2 Å². The molecule has 0 radical (unpaired) electrons. The van der Waals surface area contributed by atoms with E-state index in [4.69, 9.17) is 9.47 Å². The SMILES string of the molecule is C=CCc1cc(/C=C2/SC(=O)N(CC(=O)N3CCCC3)C2=O)cc(OCC)c1OCC. The molecule has 0 saturated carbocycles. The first-order chi connectivity index (χ1) is 15.0. The van der Waals surface area contributed by atoms with E-state index in [2.05, 4.69) is 6.58 Å². The Balaban J connectivity index is 1.86. The second-order valence-corrected chi connectivity index (χ2v) is 8.22. The smallest absolute Gasteiger partial charge is 0.294 e. The lowest BCUT2D eigenvalue weighted by Crippen LogP contribution is -2.40. The third-order valence-corrected chi connectivity index (χ3v) is 5.94. The summed E-state index contributed by atoms with van der Waals surface area (Å²) in [5, 5.41) is -0.425. The van der Waals surface area contributed by atoms with Crippen LogP contribution in [0.2, 0.25) is 0 Å². The molecular formula is C23H28N2O5S. The van der Waals surface area contributed by atoms with Crippen molar-refractivity contribution in [3.8, 4) is 11.5 Å². The number of thioether (sulfide) groups is 1. The van der Waals surface area contributed by atoms with Crippen molar-refractivity contribution in [3.05, 3.63) is 40.8 Å². The van der Waals surface area contributed by atoms with Gasteiger partial charge in [-0.15, -0.1) is 6.58 Å². The number of allylic oxidation sites excluding steroid dienone is 1. The minimum absolute atomic E-state index is 0.186. The highest BCUT2D eigenvalue weighted by atomic mass is 32.2. The first-order valence-corrected chi connectivity index (χ1v) is 11.4. The van der Waals surface area contributed by atoms with Crippen LogP contribution in [0.3, 0.4) is 0 Å². The average Bonchev–Trinajstić information content (AvgIpc) is 3.36.